The van der Waals surface area contributed by atoms with Crippen molar-refractivity contribution in [1.82, 2.24) is 9.97 Å². The largest absolute Gasteiger partial charge is 0.478 e. The first-order valence-corrected chi connectivity index (χ1v) is 8.09. The molecule has 0 fully saturated rings. The van der Waals surface area contributed by atoms with Crippen LogP contribution in [0.15, 0.2) is 16.6 Å². The highest BCUT2D eigenvalue weighted by molar-refractivity contribution is 7.99. The zero-order chi connectivity index (χ0) is 14.7. The molecule has 0 aliphatic rings. The smallest absolute Gasteiger partial charge is 0.338 e. The molecule has 0 amide bonds. The molecule has 6 heteroatoms. The number of aryl methyl sites for hydroxylation is 4. The average molecular weight is 308 g/mol. The zero-order valence-electron chi connectivity index (χ0n) is 11.6. The molecule has 4 nitrogen and oxygen atoms in total. The maximum Gasteiger partial charge on any atom is 0.338 e. The van der Waals surface area contributed by atoms with E-state index < -0.39 is 5.97 Å². The van der Waals surface area contributed by atoms with Crippen molar-refractivity contribution in [3.05, 3.63) is 39.0 Å². The summed E-state index contributed by atoms with van der Waals surface area (Å²) >= 11 is 3.14. The summed E-state index contributed by atoms with van der Waals surface area (Å²) in [7, 11) is 0. The molecule has 0 unspecified atom stereocenters. The summed E-state index contributed by atoms with van der Waals surface area (Å²) in [5.74, 6) is -0.106. The Morgan fingerprint density at radius 3 is 2.75 bits per heavy atom. The van der Waals surface area contributed by atoms with Crippen LogP contribution in [0.2, 0.25) is 0 Å². The fraction of sp³-hybridized carbons (Fsp3) is 0.357. The molecule has 2 aromatic rings. The highest BCUT2D eigenvalue weighted by atomic mass is 32.2. The number of hydrogen-bond acceptors (Lipinski definition) is 5. The van der Waals surface area contributed by atoms with Gasteiger partial charge in [0.2, 0.25) is 0 Å². The number of rotatable bonds is 5. The van der Waals surface area contributed by atoms with Crippen molar-refractivity contribution >= 4 is 29.1 Å². The quantitative estimate of drug-likeness (QED) is 0.857. The van der Waals surface area contributed by atoms with Gasteiger partial charge in [0.05, 0.1) is 16.8 Å². The van der Waals surface area contributed by atoms with E-state index in [1.54, 1.807) is 17.4 Å². The second-order valence-electron chi connectivity index (χ2n) is 4.53. The van der Waals surface area contributed by atoms with Crippen molar-refractivity contribution in [3.8, 4) is 0 Å². The van der Waals surface area contributed by atoms with Crippen molar-refractivity contribution in [3.63, 3.8) is 0 Å². The van der Waals surface area contributed by atoms with Gasteiger partial charge in [0, 0.05) is 16.3 Å². The Balaban J connectivity index is 2.13. The van der Waals surface area contributed by atoms with Crippen molar-refractivity contribution in [2.24, 2.45) is 0 Å². The van der Waals surface area contributed by atoms with Crippen LogP contribution < -0.4 is 0 Å². The van der Waals surface area contributed by atoms with E-state index in [0.717, 1.165) is 29.1 Å². The molecule has 1 N–H and O–H groups in total. The van der Waals surface area contributed by atoms with E-state index in [1.165, 1.54) is 16.6 Å². The Morgan fingerprint density at radius 1 is 1.40 bits per heavy atom. The predicted octanol–water partition coefficient (Wildman–Crippen LogP) is 3.50. The molecule has 106 valence electrons. The van der Waals surface area contributed by atoms with E-state index in [0.29, 0.717) is 10.6 Å². The van der Waals surface area contributed by atoms with Gasteiger partial charge in [-0.2, -0.15) is 0 Å². The predicted molar refractivity (Wildman–Crippen MR) is 81.9 cm³/mol. The first kappa shape index (κ1) is 15.0. The van der Waals surface area contributed by atoms with Crippen LogP contribution in [0.5, 0.6) is 0 Å². The van der Waals surface area contributed by atoms with Crippen LogP contribution >= 0.6 is 23.1 Å². The van der Waals surface area contributed by atoms with Crippen molar-refractivity contribution in [2.75, 3.05) is 5.75 Å². The summed E-state index contributed by atoms with van der Waals surface area (Å²) < 4.78 is 0. The third-order valence-corrected chi connectivity index (χ3v) is 4.91. The van der Waals surface area contributed by atoms with Crippen LogP contribution in [0.25, 0.3) is 0 Å². The molecular weight excluding hydrogens is 292 g/mol. The van der Waals surface area contributed by atoms with Gasteiger partial charge in [-0.3, -0.25) is 0 Å². The van der Waals surface area contributed by atoms with Gasteiger partial charge in [0.15, 0.2) is 0 Å². The molecule has 0 atom stereocenters. The molecule has 0 aliphatic carbocycles. The van der Waals surface area contributed by atoms with E-state index in [9.17, 15) is 9.90 Å². The number of thiazole rings is 1. The first-order chi connectivity index (χ1) is 9.49. The van der Waals surface area contributed by atoms with Crippen LogP contribution in [0.3, 0.4) is 0 Å². The minimum Gasteiger partial charge on any atom is -0.478 e. The molecule has 0 radical (unpaired) electrons. The molecule has 0 aliphatic heterocycles. The van der Waals surface area contributed by atoms with Gasteiger partial charge < -0.3 is 5.11 Å². The topological polar surface area (TPSA) is 63.1 Å². The lowest BCUT2D eigenvalue weighted by molar-refractivity contribution is 0.0691. The van der Waals surface area contributed by atoms with E-state index in [2.05, 4.69) is 9.97 Å². The molecule has 0 saturated carbocycles. The Labute approximate surface area is 126 Å². The maximum atomic E-state index is 11.3. The second-order valence-corrected chi connectivity index (χ2v) is 6.55. The van der Waals surface area contributed by atoms with Gasteiger partial charge in [0.25, 0.3) is 0 Å². The molecule has 2 aromatic heterocycles. The first-order valence-electron chi connectivity index (χ1n) is 6.22. The summed E-state index contributed by atoms with van der Waals surface area (Å²) in [5, 5.41) is 9.91. The van der Waals surface area contributed by atoms with Gasteiger partial charge in [0.1, 0.15) is 5.03 Å². The molecule has 2 heterocycles. The fourth-order valence-corrected chi connectivity index (χ4v) is 3.98. The van der Waals surface area contributed by atoms with Gasteiger partial charge >= 0.3 is 5.97 Å². The van der Waals surface area contributed by atoms with Crippen LogP contribution in [-0.4, -0.2) is 26.8 Å². The highest BCUT2D eigenvalue weighted by Gasteiger charge is 2.16. The number of carboxylic acid groups (broad SMARTS) is 1. The Kier molecular flexibility index (Phi) is 4.77. The summed E-state index contributed by atoms with van der Waals surface area (Å²) in [6.45, 7) is 5.69. The summed E-state index contributed by atoms with van der Waals surface area (Å²) in [6, 6.07) is 1.81. The van der Waals surface area contributed by atoms with Crippen molar-refractivity contribution in [2.45, 2.75) is 32.2 Å². The summed E-state index contributed by atoms with van der Waals surface area (Å²) in [4.78, 5) is 21.2. The number of aromatic carboxylic acids is 1. The number of carbonyl (C=O) groups is 1. The minimum absolute atomic E-state index is 0.321. The van der Waals surface area contributed by atoms with Crippen LogP contribution in [0, 0.1) is 20.8 Å². The lowest BCUT2D eigenvalue weighted by atomic mass is 10.1. The number of hydrogen-bond donors (Lipinski definition) is 1. The number of aromatic nitrogens is 2. The van der Waals surface area contributed by atoms with Gasteiger partial charge in [-0.15, -0.1) is 23.1 Å². The number of thioether (sulfide) groups is 1. The molecular formula is C14H16N2O2S2. The minimum atomic E-state index is -0.911. The van der Waals surface area contributed by atoms with E-state index in [1.807, 2.05) is 26.3 Å². The number of carboxylic acids is 1. The highest BCUT2D eigenvalue weighted by Crippen LogP contribution is 2.26. The molecule has 0 spiro atoms. The van der Waals surface area contributed by atoms with Gasteiger partial charge in [-0.1, -0.05) is 0 Å². The molecule has 2 rings (SSSR count). The Morgan fingerprint density at radius 2 is 2.15 bits per heavy atom. The summed E-state index contributed by atoms with van der Waals surface area (Å²) in [5.41, 5.74) is 4.84. The monoisotopic (exact) mass is 308 g/mol. The lowest BCUT2D eigenvalue weighted by Crippen LogP contribution is -2.06. The lowest BCUT2D eigenvalue weighted by Gasteiger charge is -2.09. The molecule has 0 saturated heterocycles. The van der Waals surface area contributed by atoms with Gasteiger partial charge in [-0.05, 0) is 38.8 Å². The van der Waals surface area contributed by atoms with Crippen LogP contribution in [0.1, 0.15) is 32.2 Å². The fourth-order valence-electron chi connectivity index (χ4n) is 1.97. The Hall–Kier alpha value is -1.40. The Bertz CT molecular complexity index is 638. The normalized spacial score (nSPS) is 10.8. The van der Waals surface area contributed by atoms with Crippen molar-refractivity contribution < 1.29 is 9.90 Å². The number of pyridine rings is 1. The third kappa shape index (κ3) is 3.37. The van der Waals surface area contributed by atoms with Gasteiger partial charge in [-0.25, -0.2) is 14.8 Å². The molecule has 0 aromatic carbocycles. The maximum absolute atomic E-state index is 11.3. The number of nitrogens with zero attached hydrogens (tertiary/aromatic N) is 2. The van der Waals surface area contributed by atoms with E-state index in [-0.39, 0.29) is 0 Å². The molecule has 0 bridgehead atoms. The SMILES string of the molecule is Cc1cc(C)c(C(=O)O)c(SCCc2scnc2C)n1. The molecule has 20 heavy (non-hydrogen) atoms. The second kappa shape index (κ2) is 6.37. The van der Waals surface area contributed by atoms with Crippen molar-refractivity contribution in [1.29, 1.82) is 0 Å². The average Bonchev–Trinajstić information content (AvgIpc) is 2.73. The third-order valence-electron chi connectivity index (χ3n) is 2.94. The standard InChI is InChI=1S/C14H16N2O2S2/c1-8-6-9(2)16-13(12(8)14(17)18)19-5-4-11-10(3)15-7-20-11/h6-7H,4-5H2,1-3H3,(H,17,18). The van der Waals surface area contributed by atoms with E-state index in [4.69, 9.17) is 0 Å². The zero-order valence-corrected chi connectivity index (χ0v) is 13.3. The summed E-state index contributed by atoms with van der Waals surface area (Å²) in [6.07, 6.45) is 0.884. The van der Waals surface area contributed by atoms with E-state index >= 15 is 0 Å². The van der Waals surface area contributed by atoms with Crippen LogP contribution in [-0.2, 0) is 6.42 Å². The van der Waals surface area contributed by atoms with Crippen LogP contribution in [0.4, 0.5) is 0 Å².